The lowest BCUT2D eigenvalue weighted by Gasteiger charge is -2.56. The molecule has 0 radical (unpaired) electrons. The summed E-state index contributed by atoms with van der Waals surface area (Å²) in [6.07, 6.45) is 13.6. The van der Waals surface area contributed by atoms with Crippen molar-refractivity contribution in [2.24, 2.45) is 29.1 Å². The van der Waals surface area contributed by atoms with E-state index in [1.54, 1.807) is 0 Å². The van der Waals surface area contributed by atoms with Crippen molar-refractivity contribution < 1.29 is 19.4 Å². The Labute approximate surface area is 163 Å². The number of rotatable bonds is 3. The number of aliphatic hydroxyl groups is 1. The first-order chi connectivity index (χ1) is 12.9. The van der Waals surface area contributed by atoms with Crippen LogP contribution < -0.4 is 0 Å². The highest BCUT2D eigenvalue weighted by Gasteiger charge is 2.62. The van der Waals surface area contributed by atoms with Crippen LogP contribution in [0.2, 0.25) is 0 Å². The monoisotopic (exact) mass is 374 g/mol. The molecule has 0 aromatic rings. The highest BCUT2D eigenvalue weighted by Crippen LogP contribution is 2.66. The standard InChI is InChI=1S/C23H34O4/c1-4-11-23-13-9-18-17-8-6-16(27-21(24)26-3)14-15(17)5-7-19(18)20(23)10-12-22(23,2)25/h6,14,17-20,25H,4-5,7-13H2,1-3H3/t17?,18?,19?,20?,22-,23-/m0/s1. The number of ether oxygens (including phenoxy) is 2. The first-order valence-electron chi connectivity index (χ1n) is 10.8. The normalized spacial score (nSPS) is 43.0. The average Bonchev–Trinajstić information content (AvgIpc) is 2.92. The number of carbonyl (C=O) groups excluding carboxylic acids is 1. The summed E-state index contributed by atoms with van der Waals surface area (Å²) >= 11 is 0. The minimum Gasteiger partial charge on any atom is -0.437 e. The van der Waals surface area contributed by atoms with Crippen molar-refractivity contribution in [2.45, 2.75) is 77.2 Å². The largest absolute Gasteiger partial charge is 0.513 e. The van der Waals surface area contributed by atoms with Gasteiger partial charge in [0.1, 0.15) is 5.76 Å². The fourth-order valence-corrected chi connectivity index (χ4v) is 7.31. The number of allylic oxidation sites excluding steroid dienone is 3. The molecule has 0 saturated heterocycles. The minimum atomic E-state index is -0.638. The van der Waals surface area contributed by atoms with Crippen molar-refractivity contribution in [3.63, 3.8) is 0 Å². The van der Waals surface area contributed by atoms with E-state index in [0.29, 0.717) is 23.5 Å². The van der Waals surface area contributed by atoms with E-state index in [1.165, 1.54) is 38.4 Å². The van der Waals surface area contributed by atoms with Gasteiger partial charge in [0, 0.05) is 5.41 Å². The summed E-state index contributed by atoms with van der Waals surface area (Å²) in [6, 6.07) is 0. The summed E-state index contributed by atoms with van der Waals surface area (Å²) in [5.74, 6) is 3.34. The van der Waals surface area contributed by atoms with Crippen molar-refractivity contribution in [2.75, 3.05) is 7.11 Å². The molecule has 0 aromatic heterocycles. The second-order valence-electron chi connectivity index (χ2n) is 9.45. The van der Waals surface area contributed by atoms with E-state index in [9.17, 15) is 9.90 Å². The van der Waals surface area contributed by atoms with Crippen LogP contribution in [0.3, 0.4) is 0 Å². The number of hydrogen-bond donors (Lipinski definition) is 1. The topological polar surface area (TPSA) is 55.8 Å². The molecule has 4 heteroatoms. The van der Waals surface area contributed by atoms with Gasteiger partial charge in [0.2, 0.25) is 0 Å². The van der Waals surface area contributed by atoms with Gasteiger partial charge in [-0.15, -0.1) is 0 Å². The summed E-state index contributed by atoms with van der Waals surface area (Å²) < 4.78 is 9.88. The molecule has 150 valence electrons. The zero-order valence-corrected chi connectivity index (χ0v) is 17.0. The quantitative estimate of drug-likeness (QED) is 0.675. The van der Waals surface area contributed by atoms with E-state index in [2.05, 4.69) is 30.7 Å². The third kappa shape index (κ3) is 2.95. The predicted octanol–water partition coefficient (Wildman–Crippen LogP) is 5.37. The summed E-state index contributed by atoms with van der Waals surface area (Å²) in [7, 11) is 1.34. The minimum absolute atomic E-state index is 0.133. The zero-order chi connectivity index (χ0) is 19.2. The van der Waals surface area contributed by atoms with Gasteiger partial charge in [-0.1, -0.05) is 18.9 Å². The SMILES string of the molecule is CCC[C@]12CCC3C4CC=C(OC(=O)OC)C=C4CCC3C1CC[C@]2(C)O. The molecule has 4 aliphatic rings. The fourth-order valence-electron chi connectivity index (χ4n) is 7.31. The Hall–Kier alpha value is -1.29. The van der Waals surface area contributed by atoms with Gasteiger partial charge in [-0.05, 0) is 94.1 Å². The molecule has 4 unspecified atom stereocenters. The lowest BCUT2D eigenvalue weighted by Crippen LogP contribution is -2.52. The highest BCUT2D eigenvalue weighted by molar-refractivity contribution is 5.62. The molecule has 4 aliphatic carbocycles. The molecule has 0 heterocycles. The van der Waals surface area contributed by atoms with Gasteiger partial charge in [-0.2, -0.15) is 0 Å². The molecule has 0 spiro atoms. The summed E-state index contributed by atoms with van der Waals surface area (Å²) in [5, 5.41) is 11.3. The van der Waals surface area contributed by atoms with Crippen molar-refractivity contribution in [1.82, 2.24) is 0 Å². The van der Waals surface area contributed by atoms with Crippen LogP contribution in [-0.2, 0) is 9.47 Å². The molecule has 0 bridgehead atoms. The Bertz CT molecular complexity index is 661. The van der Waals surface area contributed by atoms with Crippen LogP contribution in [0, 0.1) is 29.1 Å². The third-order valence-electron chi connectivity index (χ3n) is 8.44. The van der Waals surface area contributed by atoms with Gasteiger partial charge < -0.3 is 14.6 Å². The number of carbonyl (C=O) groups is 1. The van der Waals surface area contributed by atoms with E-state index < -0.39 is 11.8 Å². The van der Waals surface area contributed by atoms with Crippen LogP contribution in [0.25, 0.3) is 0 Å². The Kier molecular flexibility index (Phi) is 4.90. The first kappa shape index (κ1) is 19.0. The van der Waals surface area contributed by atoms with E-state index >= 15 is 0 Å². The summed E-state index contributed by atoms with van der Waals surface area (Å²) in [6.45, 7) is 4.37. The smallest absolute Gasteiger partial charge is 0.437 e. The molecule has 3 fully saturated rings. The maximum atomic E-state index is 11.4. The molecule has 0 aliphatic heterocycles. The second-order valence-corrected chi connectivity index (χ2v) is 9.45. The molecule has 1 N–H and O–H groups in total. The van der Waals surface area contributed by atoms with E-state index in [1.807, 2.05) is 0 Å². The van der Waals surface area contributed by atoms with Crippen LogP contribution in [0.5, 0.6) is 0 Å². The van der Waals surface area contributed by atoms with Crippen molar-refractivity contribution in [1.29, 1.82) is 0 Å². The summed E-state index contributed by atoms with van der Waals surface area (Å²) in [4.78, 5) is 11.4. The molecule has 0 amide bonds. The third-order valence-corrected chi connectivity index (χ3v) is 8.44. The van der Waals surface area contributed by atoms with Crippen LogP contribution in [0.4, 0.5) is 4.79 Å². The van der Waals surface area contributed by atoms with Crippen LogP contribution >= 0.6 is 0 Å². The Balaban J connectivity index is 1.54. The molecular formula is C23H34O4. The Morgan fingerprint density at radius 3 is 2.81 bits per heavy atom. The lowest BCUT2D eigenvalue weighted by molar-refractivity contribution is -0.122. The van der Waals surface area contributed by atoms with Gasteiger partial charge in [-0.3, -0.25) is 0 Å². The molecular weight excluding hydrogens is 340 g/mol. The van der Waals surface area contributed by atoms with Crippen LogP contribution in [0.15, 0.2) is 23.5 Å². The molecule has 6 atom stereocenters. The van der Waals surface area contributed by atoms with Crippen molar-refractivity contribution in [3.05, 3.63) is 23.5 Å². The fraction of sp³-hybridized carbons (Fsp3) is 0.783. The molecule has 4 nitrogen and oxygen atoms in total. The van der Waals surface area contributed by atoms with E-state index in [-0.39, 0.29) is 5.41 Å². The lowest BCUT2D eigenvalue weighted by atomic mass is 9.49. The molecule has 4 rings (SSSR count). The first-order valence-corrected chi connectivity index (χ1v) is 10.8. The predicted molar refractivity (Wildman–Crippen MR) is 104 cm³/mol. The molecule has 3 saturated carbocycles. The van der Waals surface area contributed by atoms with Crippen LogP contribution in [-0.4, -0.2) is 24.0 Å². The van der Waals surface area contributed by atoms with Gasteiger partial charge in [0.25, 0.3) is 0 Å². The average molecular weight is 375 g/mol. The van der Waals surface area contributed by atoms with Crippen LogP contribution in [0.1, 0.15) is 71.6 Å². The maximum Gasteiger partial charge on any atom is 0.513 e. The summed E-state index contributed by atoms with van der Waals surface area (Å²) in [5.41, 5.74) is 1.08. The second kappa shape index (κ2) is 6.95. The maximum absolute atomic E-state index is 11.4. The van der Waals surface area contributed by atoms with Gasteiger partial charge in [0.05, 0.1) is 12.7 Å². The number of methoxy groups -OCH3 is 1. The van der Waals surface area contributed by atoms with Crippen molar-refractivity contribution >= 4 is 6.16 Å². The zero-order valence-electron chi connectivity index (χ0n) is 17.0. The van der Waals surface area contributed by atoms with E-state index in [4.69, 9.17) is 4.74 Å². The molecule has 27 heavy (non-hydrogen) atoms. The molecule has 0 aromatic carbocycles. The highest BCUT2D eigenvalue weighted by atomic mass is 16.7. The number of fused-ring (bicyclic) bond motifs is 5. The van der Waals surface area contributed by atoms with Gasteiger partial charge in [-0.25, -0.2) is 4.79 Å². The van der Waals surface area contributed by atoms with E-state index in [0.717, 1.165) is 38.0 Å². The van der Waals surface area contributed by atoms with Gasteiger partial charge in [0.15, 0.2) is 0 Å². The number of hydrogen-bond acceptors (Lipinski definition) is 4. The van der Waals surface area contributed by atoms with Crippen molar-refractivity contribution in [3.8, 4) is 0 Å². The van der Waals surface area contributed by atoms with Gasteiger partial charge >= 0.3 is 6.16 Å². The Morgan fingerprint density at radius 1 is 1.26 bits per heavy atom. The Morgan fingerprint density at radius 2 is 2.07 bits per heavy atom.